The van der Waals surface area contributed by atoms with Crippen LogP contribution in [0.3, 0.4) is 0 Å². The number of benzene rings is 1. The van der Waals surface area contributed by atoms with Crippen LogP contribution in [0.2, 0.25) is 0 Å². The van der Waals surface area contributed by atoms with Crippen LogP contribution in [-0.2, 0) is 6.42 Å². The van der Waals surface area contributed by atoms with Crippen LogP contribution in [0.1, 0.15) is 18.9 Å². The Morgan fingerprint density at radius 3 is 3.17 bits per heavy atom. The van der Waals surface area contributed by atoms with Gasteiger partial charge in [-0.2, -0.15) is 0 Å². The van der Waals surface area contributed by atoms with E-state index in [0.717, 1.165) is 18.5 Å². The minimum Gasteiger partial charge on any atom is -0.382 e. The van der Waals surface area contributed by atoms with Gasteiger partial charge in [0, 0.05) is 11.7 Å². The van der Waals surface area contributed by atoms with Crippen LogP contribution in [0.25, 0.3) is 0 Å². The highest BCUT2D eigenvalue weighted by Gasteiger charge is 2.18. The first-order valence-electron chi connectivity index (χ1n) is 4.34. The number of rotatable bonds is 1. The second-order valence-electron chi connectivity index (χ2n) is 3.26. The third-order valence-corrected chi connectivity index (χ3v) is 2.39. The van der Waals surface area contributed by atoms with E-state index in [1.807, 2.05) is 6.07 Å². The van der Waals surface area contributed by atoms with Crippen molar-refractivity contribution in [3.05, 3.63) is 29.6 Å². The Hall–Kier alpha value is -1.05. The maximum atomic E-state index is 12.8. The summed E-state index contributed by atoms with van der Waals surface area (Å²) in [5.41, 5.74) is 2.21. The molecule has 12 heavy (non-hydrogen) atoms. The van der Waals surface area contributed by atoms with Crippen molar-refractivity contribution >= 4 is 5.69 Å². The lowest BCUT2D eigenvalue weighted by atomic mass is 10.1. The molecule has 1 aromatic carbocycles. The summed E-state index contributed by atoms with van der Waals surface area (Å²) in [7, 11) is 0. The zero-order chi connectivity index (χ0) is 8.55. The fourth-order valence-electron chi connectivity index (χ4n) is 1.64. The van der Waals surface area contributed by atoms with Crippen molar-refractivity contribution < 1.29 is 4.39 Å². The molecule has 1 nitrogen and oxygen atoms in total. The smallest absolute Gasteiger partial charge is 0.125 e. The first-order valence-corrected chi connectivity index (χ1v) is 4.34. The molecule has 1 atom stereocenters. The van der Waals surface area contributed by atoms with E-state index in [0.29, 0.717) is 6.04 Å². The second-order valence-corrected chi connectivity index (χ2v) is 3.26. The Kier molecular flexibility index (Phi) is 1.75. The van der Waals surface area contributed by atoms with E-state index < -0.39 is 0 Å². The third kappa shape index (κ3) is 1.17. The average molecular weight is 165 g/mol. The summed E-state index contributed by atoms with van der Waals surface area (Å²) in [4.78, 5) is 0. The quantitative estimate of drug-likeness (QED) is 0.674. The summed E-state index contributed by atoms with van der Waals surface area (Å²) >= 11 is 0. The van der Waals surface area contributed by atoms with Gasteiger partial charge >= 0.3 is 0 Å². The van der Waals surface area contributed by atoms with E-state index in [1.54, 1.807) is 6.07 Å². The maximum absolute atomic E-state index is 12.8. The Morgan fingerprint density at radius 1 is 1.58 bits per heavy atom. The molecule has 1 aromatic rings. The van der Waals surface area contributed by atoms with Crippen LogP contribution in [0.15, 0.2) is 18.2 Å². The van der Waals surface area contributed by atoms with Crippen LogP contribution in [0, 0.1) is 5.82 Å². The molecule has 0 radical (unpaired) electrons. The molecule has 64 valence electrons. The number of fused-ring (bicyclic) bond motifs is 1. The van der Waals surface area contributed by atoms with Crippen molar-refractivity contribution in [2.45, 2.75) is 25.8 Å². The van der Waals surface area contributed by atoms with E-state index in [9.17, 15) is 4.39 Å². The largest absolute Gasteiger partial charge is 0.382 e. The summed E-state index contributed by atoms with van der Waals surface area (Å²) in [5, 5.41) is 3.28. The Morgan fingerprint density at radius 2 is 2.42 bits per heavy atom. The average Bonchev–Trinajstić information content (AvgIpc) is 2.46. The van der Waals surface area contributed by atoms with Crippen LogP contribution < -0.4 is 5.32 Å². The van der Waals surface area contributed by atoms with Crippen molar-refractivity contribution in [2.24, 2.45) is 0 Å². The highest BCUT2D eigenvalue weighted by molar-refractivity contribution is 5.56. The topological polar surface area (TPSA) is 12.0 Å². The Bertz CT molecular complexity index is 296. The molecule has 0 spiro atoms. The van der Waals surface area contributed by atoms with Crippen LogP contribution in [0.4, 0.5) is 10.1 Å². The van der Waals surface area contributed by atoms with Crippen molar-refractivity contribution in [1.82, 2.24) is 0 Å². The molecule has 0 saturated heterocycles. The van der Waals surface area contributed by atoms with Crippen LogP contribution >= 0.6 is 0 Å². The van der Waals surface area contributed by atoms with Gasteiger partial charge in [-0.1, -0.05) is 13.0 Å². The number of nitrogens with one attached hydrogen (secondary N) is 1. The minimum absolute atomic E-state index is 0.155. The molecule has 1 aliphatic rings. The van der Waals surface area contributed by atoms with Crippen LogP contribution in [-0.4, -0.2) is 6.04 Å². The maximum Gasteiger partial charge on any atom is 0.125 e. The molecule has 0 fully saturated rings. The molecule has 0 saturated carbocycles. The summed E-state index contributed by atoms with van der Waals surface area (Å²) in [6.45, 7) is 2.14. The Labute approximate surface area is 71.6 Å². The first kappa shape index (κ1) is 7.59. The fraction of sp³-hybridized carbons (Fsp3) is 0.400. The van der Waals surface area contributed by atoms with Gasteiger partial charge in [-0.3, -0.25) is 0 Å². The number of hydrogen-bond donors (Lipinski definition) is 1. The van der Waals surface area contributed by atoms with E-state index in [2.05, 4.69) is 12.2 Å². The molecular weight excluding hydrogens is 153 g/mol. The zero-order valence-corrected chi connectivity index (χ0v) is 7.10. The van der Waals surface area contributed by atoms with Gasteiger partial charge in [0.1, 0.15) is 5.82 Å². The third-order valence-electron chi connectivity index (χ3n) is 2.39. The van der Waals surface area contributed by atoms with Gasteiger partial charge in [0.05, 0.1) is 0 Å². The summed E-state index contributed by atoms with van der Waals surface area (Å²) in [6.07, 6.45) is 2.13. The fourth-order valence-corrected chi connectivity index (χ4v) is 1.64. The minimum atomic E-state index is -0.155. The number of anilines is 1. The Balaban J connectivity index is 2.30. The van der Waals surface area contributed by atoms with Crippen molar-refractivity contribution in [1.29, 1.82) is 0 Å². The monoisotopic (exact) mass is 165 g/mol. The standard InChI is InChI=1S/C10H12FN/c1-2-9-5-7-3-4-8(11)6-10(7)12-9/h3-4,6,9,12H,2,5H2,1H3. The van der Waals surface area contributed by atoms with E-state index in [4.69, 9.17) is 0 Å². The first-order chi connectivity index (χ1) is 5.79. The lowest BCUT2D eigenvalue weighted by Crippen LogP contribution is -2.12. The van der Waals surface area contributed by atoms with Gasteiger partial charge in [0.2, 0.25) is 0 Å². The molecule has 1 unspecified atom stereocenters. The van der Waals surface area contributed by atoms with Gasteiger partial charge < -0.3 is 5.32 Å². The molecule has 0 aromatic heterocycles. The predicted molar refractivity (Wildman–Crippen MR) is 47.8 cm³/mol. The molecule has 0 amide bonds. The van der Waals surface area contributed by atoms with Crippen molar-refractivity contribution in [3.63, 3.8) is 0 Å². The molecule has 2 heteroatoms. The molecule has 1 heterocycles. The molecule has 0 aliphatic carbocycles. The van der Waals surface area contributed by atoms with Gasteiger partial charge in [-0.05, 0) is 30.5 Å². The highest BCUT2D eigenvalue weighted by Crippen LogP contribution is 2.27. The van der Waals surface area contributed by atoms with Crippen molar-refractivity contribution in [3.8, 4) is 0 Å². The van der Waals surface area contributed by atoms with Gasteiger partial charge in [-0.15, -0.1) is 0 Å². The number of hydrogen-bond acceptors (Lipinski definition) is 1. The SMILES string of the molecule is CCC1Cc2ccc(F)cc2N1. The second kappa shape index (κ2) is 2.77. The van der Waals surface area contributed by atoms with Gasteiger partial charge in [0.25, 0.3) is 0 Å². The van der Waals surface area contributed by atoms with Gasteiger partial charge in [0.15, 0.2) is 0 Å². The van der Waals surface area contributed by atoms with Crippen LogP contribution in [0.5, 0.6) is 0 Å². The van der Waals surface area contributed by atoms with E-state index in [-0.39, 0.29) is 5.82 Å². The molecular formula is C10H12FN. The molecule has 1 N–H and O–H groups in total. The molecule has 0 bridgehead atoms. The highest BCUT2D eigenvalue weighted by atomic mass is 19.1. The summed E-state index contributed by atoms with van der Waals surface area (Å²) < 4.78 is 12.8. The molecule has 1 aliphatic heterocycles. The van der Waals surface area contributed by atoms with Crippen molar-refractivity contribution in [2.75, 3.05) is 5.32 Å². The summed E-state index contributed by atoms with van der Waals surface area (Å²) in [5.74, 6) is -0.155. The van der Waals surface area contributed by atoms with Gasteiger partial charge in [-0.25, -0.2) is 4.39 Å². The lowest BCUT2D eigenvalue weighted by molar-refractivity contribution is 0.628. The zero-order valence-electron chi connectivity index (χ0n) is 7.10. The predicted octanol–water partition coefficient (Wildman–Crippen LogP) is 2.57. The van der Waals surface area contributed by atoms with E-state index >= 15 is 0 Å². The molecule has 2 rings (SSSR count). The number of halogens is 1. The summed E-state index contributed by atoms with van der Waals surface area (Å²) in [6, 6.07) is 5.47. The van der Waals surface area contributed by atoms with E-state index in [1.165, 1.54) is 11.6 Å². The lowest BCUT2D eigenvalue weighted by Gasteiger charge is -2.05. The normalized spacial score (nSPS) is 20.3.